The van der Waals surface area contributed by atoms with Gasteiger partial charge < -0.3 is 4.57 Å². The van der Waals surface area contributed by atoms with E-state index in [9.17, 15) is 0 Å². The van der Waals surface area contributed by atoms with E-state index in [2.05, 4.69) is 31.0 Å². The summed E-state index contributed by atoms with van der Waals surface area (Å²) in [5.41, 5.74) is 0.115. The lowest BCUT2D eigenvalue weighted by atomic mass is 10.1. The lowest BCUT2D eigenvalue weighted by Crippen LogP contribution is -2.19. The van der Waals surface area contributed by atoms with Gasteiger partial charge in [-0.05, 0) is 20.8 Å². The molecule has 0 amide bonds. The van der Waals surface area contributed by atoms with Crippen molar-refractivity contribution in [2.45, 2.75) is 26.3 Å². The molecule has 0 saturated carbocycles. The summed E-state index contributed by atoms with van der Waals surface area (Å²) < 4.78 is 1.97. The van der Waals surface area contributed by atoms with Crippen LogP contribution in [0.3, 0.4) is 0 Å². The van der Waals surface area contributed by atoms with Crippen LogP contribution in [0.1, 0.15) is 20.8 Å². The predicted molar refractivity (Wildman–Crippen MR) is 35.0 cm³/mol. The predicted octanol–water partition coefficient (Wildman–Crippen LogP) is 1.03. The van der Waals surface area contributed by atoms with Gasteiger partial charge in [-0.2, -0.15) is 0 Å². The second kappa shape index (κ2) is 1.83. The minimum atomic E-state index is 0.115. The Morgan fingerprint density at radius 3 is 1.78 bits per heavy atom. The molecule has 3 nitrogen and oxygen atoms in total. The van der Waals surface area contributed by atoms with E-state index in [1.54, 1.807) is 12.7 Å². The zero-order chi connectivity index (χ0) is 6.91. The molecule has 0 aromatic carbocycles. The molecule has 0 atom stereocenters. The largest absolute Gasteiger partial charge is 0.315 e. The van der Waals surface area contributed by atoms with Gasteiger partial charge >= 0.3 is 0 Å². The Bertz CT molecular complexity index is 171. The molecule has 0 N–H and O–H groups in total. The Hall–Kier alpha value is -0.860. The highest BCUT2D eigenvalue weighted by Gasteiger charge is 2.10. The molecular formula is C6H11N3. The smallest absolute Gasteiger partial charge is 0.119 e. The summed E-state index contributed by atoms with van der Waals surface area (Å²) in [6.45, 7) is 6.32. The zero-order valence-corrected chi connectivity index (χ0v) is 6.00. The zero-order valence-electron chi connectivity index (χ0n) is 6.00. The summed E-state index contributed by atoms with van der Waals surface area (Å²) in [7, 11) is 0. The normalized spacial score (nSPS) is 11.9. The van der Waals surface area contributed by atoms with Gasteiger partial charge in [-0.3, -0.25) is 0 Å². The van der Waals surface area contributed by atoms with Gasteiger partial charge in [-0.1, -0.05) is 0 Å². The highest BCUT2D eigenvalue weighted by atomic mass is 15.2. The summed E-state index contributed by atoms with van der Waals surface area (Å²) in [4.78, 5) is 0. The molecule has 0 radical (unpaired) electrons. The van der Waals surface area contributed by atoms with E-state index in [4.69, 9.17) is 0 Å². The van der Waals surface area contributed by atoms with Crippen LogP contribution in [0, 0.1) is 0 Å². The van der Waals surface area contributed by atoms with Crippen LogP contribution >= 0.6 is 0 Å². The van der Waals surface area contributed by atoms with Gasteiger partial charge in [0.15, 0.2) is 0 Å². The van der Waals surface area contributed by atoms with Crippen molar-refractivity contribution in [3.05, 3.63) is 12.7 Å². The van der Waals surface area contributed by atoms with Crippen molar-refractivity contribution in [2.75, 3.05) is 0 Å². The third-order valence-electron chi connectivity index (χ3n) is 1.19. The third-order valence-corrected chi connectivity index (χ3v) is 1.19. The monoisotopic (exact) mass is 125 g/mol. The van der Waals surface area contributed by atoms with Gasteiger partial charge in [0, 0.05) is 5.54 Å². The number of nitrogens with zero attached hydrogens (tertiary/aromatic N) is 3. The average Bonchev–Trinajstić information content (AvgIpc) is 2.08. The molecule has 0 aliphatic carbocycles. The molecule has 3 heteroatoms. The van der Waals surface area contributed by atoms with E-state index >= 15 is 0 Å². The SMILES string of the molecule is CC(C)(C)n1cnnc1. The molecule has 50 valence electrons. The molecule has 0 unspecified atom stereocenters. The number of aromatic nitrogens is 3. The van der Waals surface area contributed by atoms with Crippen LogP contribution in [0.2, 0.25) is 0 Å². The van der Waals surface area contributed by atoms with Crippen LogP contribution in [0.15, 0.2) is 12.7 Å². The molecule has 1 aromatic heterocycles. The van der Waals surface area contributed by atoms with Crippen molar-refractivity contribution in [2.24, 2.45) is 0 Å². The molecular weight excluding hydrogens is 114 g/mol. The molecule has 0 fully saturated rings. The Morgan fingerprint density at radius 1 is 1.11 bits per heavy atom. The minimum Gasteiger partial charge on any atom is -0.315 e. The van der Waals surface area contributed by atoms with Crippen molar-refractivity contribution in [1.29, 1.82) is 0 Å². The lowest BCUT2D eigenvalue weighted by molar-refractivity contribution is 0.395. The Morgan fingerprint density at radius 2 is 1.56 bits per heavy atom. The standard InChI is InChI=1S/C6H11N3/c1-6(2,3)9-4-7-8-5-9/h4-5H,1-3H3. The summed E-state index contributed by atoms with van der Waals surface area (Å²) in [6, 6.07) is 0. The summed E-state index contributed by atoms with van der Waals surface area (Å²) in [6.07, 6.45) is 3.44. The summed E-state index contributed by atoms with van der Waals surface area (Å²) in [5.74, 6) is 0. The van der Waals surface area contributed by atoms with E-state index in [0.717, 1.165) is 0 Å². The minimum absolute atomic E-state index is 0.115. The summed E-state index contributed by atoms with van der Waals surface area (Å²) >= 11 is 0. The highest BCUT2D eigenvalue weighted by Crippen LogP contribution is 2.10. The molecule has 0 aliphatic heterocycles. The average molecular weight is 125 g/mol. The van der Waals surface area contributed by atoms with Crippen molar-refractivity contribution in [3.8, 4) is 0 Å². The van der Waals surface area contributed by atoms with Gasteiger partial charge in [-0.15, -0.1) is 10.2 Å². The first-order valence-corrected chi connectivity index (χ1v) is 2.96. The summed E-state index contributed by atoms with van der Waals surface area (Å²) in [5, 5.41) is 7.40. The number of rotatable bonds is 0. The fourth-order valence-corrected chi connectivity index (χ4v) is 0.547. The topological polar surface area (TPSA) is 30.7 Å². The Labute approximate surface area is 54.7 Å². The molecule has 9 heavy (non-hydrogen) atoms. The van der Waals surface area contributed by atoms with Crippen molar-refractivity contribution < 1.29 is 0 Å². The van der Waals surface area contributed by atoms with Crippen LogP contribution in [-0.2, 0) is 5.54 Å². The molecule has 1 heterocycles. The van der Waals surface area contributed by atoms with Crippen molar-refractivity contribution >= 4 is 0 Å². The highest BCUT2D eigenvalue weighted by molar-refractivity contribution is 4.75. The maximum atomic E-state index is 3.70. The molecule has 0 saturated heterocycles. The van der Waals surface area contributed by atoms with Crippen molar-refractivity contribution in [3.63, 3.8) is 0 Å². The van der Waals surface area contributed by atoms with E-state index in [-0.39, 0.29) is 5.54 Å². The Balaban J connectivity index is 2.90. The molecule has 0 spiro atoms. The first kappa shape index (κ1) is 6.26. The Kier molecular flexibility index (Phi) is 1.27. The van der Waals surface area contributed by atoms with Crippen molar-refractivity contribution in [1.82, 2.24) is 14.8 Å². The first-order chi connectivity index (χ1) is 4.11. The third kappa shape index (κ3) is 1.28. The van der Waals surface area contributed by atoms with Gasteiger partial charge in [0.2, 0.25) is 0 Å². The van der Waals surface area contributed by atoms with E-state index in [1.165, 1.54) is 0 Å². The van der Waals surface area contributed by atoms with E-state index in [1.807, 2.05) is 4.57 Å². The van der Waals surface area contributed by atoms with Crippen LogP contribution < -0.4 is 0 Å². The fourth-order valence-electron chi connectivity index (χ4n) is 0.547. The maximum absolute atomic E-state index is 3.70. The van der Waals surface area contributed by atoms with E-state index in [0.29, 0.717) is 0 Å². The van der Waals surface area contributed by atoms with Crippen LogP contribution in [-0.4, -0.2) is 14.8 Å². The number of hydrogen-bond donors (Lipinski definition) is 0. The lowest BCUT2D eigenvalue weighted by Gasteiger charge is -2.18. The molecule has 0 aliphatic rings. The first-order valence-electron chi connectivity index (χ1n) is 2.96. The molecule has 0 bridgehead atoms. The number of hydrogen-bond acceptors (Lipinski definition) is 2. The fraction of sp³-hybridized carbons (Fsp3) is 0.667. The van der Waals surface area contributed by atoms with Gasteiger partial charge in [0.05, 0.1) is 0 Å². The molecule has 1 aromatic rings. The van der Waals surface area contributed by atoms with E-state index < -0.39 is 0 Å². The van der Waals surface area contributed by atoms with Crippen LogP contribution in [0.5, 0.6) is 0 Å². The second-order valence-corrected chi connectivity index (χ2v) is 3.04. The molecule has 1 rings (SSSR count). The van der Waals surface area contributed by atoms with Gasteiger partial charge in [-0.25, -0.2) is 0 Å². The van der Waals surface area contributed by atoms with Crippen LogP contribution in [0.4, 0.5) is 0 Å². The second-order valence-electron chi connectivity index (χ2n) is 3.04. The van der Waals surface area contributed by atoms with Crippen LogP contribution in [0.25, 0.3) is 0 Å². The van der Waals surface area contributed by atoms with Gasteiger partial charge in [0.25, 0.3) is 0 Å². The van der Waals surface area contributed by atoms with Gasteiger partial charge in [0.1, 0.15) is 12.7 Å². The quantitative estimate of drug-likeness (QED) is 0.518. The maximum Gasteiger partial charge on any atom is 0.119 e.